The average Bonchev–Trinajstić information content (AvgIpc) is 3.06. The van der Waals surface area contributed by atoms with Gasteiger partial charge in [0.05, 0.1) is 12.2 Å². The van der Waals surface area contributed by atoms with Gasteiger partial charge in [-0.1, -0.05) is 30.4 Å². The van der Waals surface area contributed by atoms with Crippen LogP contribution < -0.4 is 10.1 Å². The summed E-state index contributed by atoms with van der Waals surface area (Å²) in [5, 5.41) is 17.1. The van der Waals surface area contributed by atoms with Gasteiger partial charge in [-0.25, -0.2) is 0 Å². The van der Waals surface area contributed by atoms with Crippen molar-refractivity contribution in [2.24, 2.45) is 0 Å². The Bertz CT molecular complexity index is 765. The Hall–Kier alpha value is -2.15. The highest BCUT2D eigenvalue weighted by molar-refractivity contribution is 7.16. The van der Waals surface area contributed by atoms with Gasteiger partial charge in [-0.15, -0.1) is 10.2 Å². The number of fused-ring (bicyclic) bond motifs is 2. The lowest BCUT2D eigenvalue weighted by Crippen LogP contribution is -2.23. The second kappa shape index (κ2) is 4.45. The fraction of sp³-hybridized carbons (Fsp3) is 0.308. The van der Waals surface area contributed by atoms with Crippen molar-refractivity contribution in [1.29, 1.82) is 0 Å². The van der Waals surface area contributed by atoms with Crippen LogP contribution in [0.5, 0.6) is 5.75 Å². The molecule has 3 heterocycles. The number of anilines is 1. The lowest BCUT2D eigenvalue weighted by atomic mass is 10.2. The highest BCUT2D eigenvalue weighted by Gasteiger charge is 2.25. The van der Waals surface area contributed by atoms with E-state index in [0.29, 0.717) is 6.54 Å². The van der Waals surface area contributed by atoms with Gasteiger partial charge < -0.3 is 10.1 Å². The molecule has 0 amide bonds. The van der Waals surface area contributed by atoms with Crippen LogP contribution in [0.2, 0.25) is 0 Å². The van der Waals surface area contributed by atoms with Crippen molar-refractivity contribution in [3.8, 4) is 5.75 Å². The summed E-state index contributed by atoms with van der Waals surface area (Å²) in [4.78, 5) is 0.819. The van der Waals surface area contributed by atoms with Crippen LogP contribution in [0.15, 0.2) is 24.3 Å². The maximum absolute atomic E-state index is 6.01. The summed E-state index contributed by atoms with van der Waals surface area (Å²) >= 11 is 1.53. The van der Waals surface area contributed by atoms with Crippen molar-refractivity contribution in [3.63, 3.8) is 0 Å². The molecule has 0 saturated heterocycles. The molecule has 0 bridgehead atoms. The van der Waals surface area contributed by atoms with Gasteiger partial charge in [0.15, 0.2) is 16.9 Å². The van der Waals surface area contributed by atoms with Gasteiger partial charge in [0.1, 0.15) is 5.75 Å². The summed E-state index contributed by atoms with van der Waals surface area (Å²) in [5.74, 6) is 1.75. The molecule has 20 heavy (non-hydrogen) atoms. The lowest BCUT2D eigenvalue weighted by Gasteiger charge is -2.25. The van der Waals surface area contributed by atoms with Gasteiger partial charge in [0.2, 0.25) is 4.96 Å². The molecule has 1 atom stereocenters. The lowest BCUT2D eigenvalue weighted by molar-refractivity contribution is 0.208. The van der Waals surface area contributed by atoms with E-state index in [1.807, 2.05) is 35.7 Å². The van der Waals surface area contributed by atoms with E-state index < -0.39 is 0 Å². The predicted molar refractivity (Wildman–Crippen MR) is 76.3 cm³/mol. The van der Waals surface area contributed by atoms with Gasteiger partial charge in [0.25, 0.3) is 0 Å². The van der Waals surface area contributed by atoms with E-state index in [4.69, 9.17) is 4.74 Å². The monoisotopic (exact) mass is 287 g/mol. The number of ether oxygens (including phenoxy) is 1. The maximum Gasteiger partial charge on any atom is 0.234 e. The molecule has 1 N–H and O–H groups in total. The van der Waals surface area contributed by atoms with Gasteiger partial charge in [-0.3, -0.25) is 0 Å². The normalized spacial score (nSPS) is 17.6. The zero-order chi connectivity index (χ0) is 13.5. The Morgan fingerprint density at radius 1 is 1.40 bits per heavy atom. The number of para-hydroxylation sites is 2. The molecule has 1 unspecified atom stereocenters. The number of hydrogen-bond acceptors (Lipinski definition) is 6. The number of benzene rings is 1. The van der Waals surface area contributed by atoms with E-state index in [0.717, 1.165) is 33.7 Å². The second-order valence-corrected chi connectivity index (χ2v) is 5.58. The molecule has 4 rings (SSSR count). The third-order valence-electron chi connectivity index (χ3n) is 3.30. The predicted octanol–water partition coefficient (Wildman–Crippen LogP) is 2.29. The van der Waals surface area contributed by atoms with Crippen LogP contribution in [0.25, 0.3) is 4.96 Å². The minimum Gasteiger partial charge on any atom is -0.479 e. The first-order valence-corrected chi connectivity index (χ1v) is 7.37. The van der Waals surface area contributed by atoms with Crippen LogP contribution >= 0.6 is 11.3 Å². The molecule has 0 spiro atoms. The minimum atomic E-state index is -0.0821. The smallest absolute Gasteiger partial charge is 0.234 e. The number of hydrogen-bond donors (Lipinski definition) is 1. The highest BCUT2D eigenvalue weighted by Crippen LogP contribution is 2.34. The molecule has 3 aromatic rings. The molecule has 0 radical (unpaired) electrons. The Labute approximate surface area is 119 Å². The Kier molecular flexibility index (Phi) is 2.59. The van der Waals surface area contributed by atoms with Crippen molar-refractivity contribution < 1.29 is 4.74 Å². The summed E-state index contributed by atoms with van der Waals surface area (Å²) < 4.78 is 7.82. The van der Waals surface area contributed by atoms with E-state index in [1.54, 1.807) is 0 Å². The number of nitrogens with one attached hydrogen (secondary N) is 1. The topological polar surface area (TPSA) is 64.3 Å². The molecule has 6 nitrogen and oxygen atoms in total. The average molecular weight is 287 g/mol. The number of aromatic nitrogens is 4. The van der Waals surface area contributed by atoms with Crippen LogP contribution in [0.1, 0.15) is 23.9 Å². The SMILES string of the molecule is CCc1nnc2sc(C3CNc4ccccc4O3)nn12. The van der Waals surface area contributed by atoms with Crippen molar-refractivity contribution in [2.75, 3.05) is 11.9 Å². The van der Waals surface area contributed by atoms with Crippen LogP contribution in [0.4, 0.5) is 5.69 Å². The van der Waals surface area contributed by atoms with Crippen LogP contribution in [-0.2, 0) is 6.42 Å². The Morgan fingerprint density at radius 3 is 3.20 bits per heavy atom. The van der Waals surface area contributed by atoms with Gasteiger partial charge >= 0.3 is 0 Å². The fourth-order valence-electron chi connectivity index (χ4n) is 2.27. The van der Waals surface area contributed by atoms with Crippen molar-refractivity contribution in [1.82, 2.24) is 19.8 Å². The molecule has 1 aromatic carbocycles. The quantitative estimate of drug-likeness (QED) is 0.783. The molecule has 0 fully saturated rings. The zero-order valence-electron chi connectivity index (χ0n) is 10.9. The van der Waals surface area contributed by atoms with Crippen LogP contribution in [-0.4, -0.2) is 26.4 Å². The molecule has 0 aliphatic carbocycles. The second-order valence-electron chi connectivity index (χ2n) is 4.59. The van der Waals surface area contributed by atoms with Gasteiger partial charge in [-0.05, 0) is 12.1 Å². The molecular formula is C13H13N5OS. The Morgan fingerprint density at radius 2 is 2.30 bits per heavy atom. The van der Waals surface area contributed by atoms with Crippen LogP contribution in [0.3, 0.4) is 0 Å². The zero-order valence-corrected chi connectivity index (χ0v) is 11.7. The highest BCUT2D eigenvalue weighted by atomic mass is 32.1. The van der Waals surface area contributed by atoms with Crippen molar-refractivity contribution in [2.45, 2.75) is 19.4 Å². The fourth-order valence-corrected chi connectivity index (χ4v) is 3.16. The van der Waals surface area contributed by atoms with E-state index in [-0.39, 0.29) is 6.10 Å². The largest absolute Gasteiger partial charge is 0.479 e. The van der Waals surface area contributed by atoms with E-state index in [1.165, 1.54) is 11.3 Å². The molecule has 2 aromatic heterocycles. The molecule has 1 aliphatic heterocycles. The van der Waals surface area contributed by atoms with E-state index >= 15 is 0 Å². The summed E-state index contributed by atoms with van der Waals surface area (Å²) in [6.07, 6.45) is 0.734. The summed E-state index contributed by atoms with van der Waals surface area (Å²) in [7, 11) is 0. The van der Waals surface area contributed by atoms with Gasteiger partial charge in [0, 0.05) is 6.42 Å². The van der Waals surface area contributed by atoms with Crippen LogP contribution in [0, 0.1) is 0 Å². The minimum absolute atomic E-state index is 0.0821. The molecule has 1 aliphatic rings. The Balaban J connectivity index is 1.68. The van der Waals surface area contributed by atoms with Crippen molar-refractivity contribution >= 4 is 22.0 Å². The summed E-state index contributed by atoms with van der Waals surface area (Å²) in [6.45, 7) is 2.76. The molecule has 102 valence electrons. The molecular weight excluding hydrogens is 274 g/mol. The number of rotatable bonds is 2. The maximum atomic E-state index is 6.01. The van der Waals surface area contributed by atoms with Gasteiger partial charge in [-0.2, -0.15) is 9.61 Å². The molecule has 0 saturated carbocycles. The van der Waals surface area contributed by atoms with E-state index in [2.05, 4.69) is 20.6 Å². The summed E-state index contributed by atoms with van der Waals surface area (Å²) in [6, 6.07) is 7.94. The molecule has 7 heteroatoms. The standard InChI is InChI=1S/C13H13N5OS/c1-2-11-15-16-13-18(11)17-12(20-13)10-7-14-8-5-3-4-6-9(8)19-10/h3-6,10,14H,2,7H2,1H3. The third kappa shape index (κ3) is 1.74. The van der Waals surface area contributed by atoms with E-state index in [9.17, 15) is 0 Å². The van der Waals surface area contributed by atoms with Crippen molar-refractivity contribution in [3.05, 3.63) is 35.1 Å². The first kappa shape index (κ1) is 11.7. The first-order chi connectivity index (χ1) is 9.85. The summed E-state index contributed by atoms with van der Waals surface area (Å²) in [5.41, 5.74) is 1.03. The third-order valence-corrected chi connectivity index (χ3v) is 4.29. The number of nitrogens with zero attached hydrogens (tertiary/aromatic N) is 4. The number of aryl methyl sites for hydroxylation is 1. The first-order valence-electron chi connectivity index (χ1n) is 6.55.